The summed E-state index contributed by atoms with van der Waals surface area (Å²) in [5.41, 5.74) is 4.85. The van der Waals surface area contributed by atoms with Crippen LogP contribution >= 0.6 is 11.6 Å². The number of hydrogen-bond donors (Lipinski definition) is 2. The Morgan fingerprint density at radius 2 is 1.87 bits per heavy atom. The second-order valence-electron chi connectivity index (χ2n) is 13.5. The van der Waals surface area contributed by atoms with E-state index in [1.54, 1.807) is 23.8 Å². The molecule has 2 aliphatic carbocycles. The number of alkyl halides is 3. The van der Waals surface area contributed by atoms with Crippen LogP contribution in [0.3, 0.4) is 0 Å². The minimum Gasteiger partial charge on any atom is -0.478 e. The molecule has 2 heterocycles. The van der Waals surface area contributed by atoms with E-state index < -0.39 is 17.8 Å². The number of aromatic nitrogens is 1. The number of ether oxygens (including phenoxy) is 1. The molecule has 0 atom stereocenters. The Morgan fingerprint density at radius 3 is 2.57 bits per heavy atom. The SMILES string of the molecule is CC1(C)CCC(CC2CCN(C=C3C=CC(C(=O)O)=C(Oc4cccc5[nH]c(C(F)(F)F)cc45)C3)CC2)=C(c2ccc(Cl)cc2)C1. The van der Waals surface area contributed by atoms with Gasteiger partial charge in [-0.3, -0.25) is 0 Å². The number of aliphatic carboxylic acids is 1. The molecule has 3 aromatic rings. The number of carboxylic acid groups (broad SMARTS) is 1. The summed E-state index contributed by atoms with van der Waals surface area (Å²) in [5.74, 6) is -0.190. The molecule has 1 aliphatic heterocycles. The smallest absolute Gasteiger partial charge is 0.431 e. The maximum atomic E-state index is 13.3. The fraction of sp³-hybridized carbons (Fsp3) is 0.378. The molecule has 242 valence electrons. The summed E-state index contributed by atoms with van der Waals surface area (Å²) in [5, 5.41) is 10.8. The molecule has 0 unspecified atom stereocenters. The molecule has 0 radical (unpaired) electrons. The number of likely N-dealkylation sites (tertiary alicyclic amines) is 1. The number of carboxylic acids is 1. The minimum absolute atomic E-state index is 0.0140. The van der Waals surface area contributed by atoms with Crippen molar-refractivity contribution in [1.82, 2.24) is 9.88 Å². The number of nitrogens with one attached hydrogen (secondary N) is 1. The first-order valence-corrected chi connectivity index (χ1v) is 16.2. The maximum Gasteiger partial charge on any atom is 0.431 e. The Hall–Kier alpha value is -3.91. The van der Waals surface area contributed by atoms with Gasteiger partial charge in [-0.15, -0.1) is 0 Å². The molecular formula is C37H38ClF3N2O3. The third-order valence-corrected chi connectivity index (χ3v) is 9.69. The third-order valence-electron chi connectivity index (χ3n) is 9.43. The summed E-state index contributed by atoms with van der Waals surface area (Å²) >= 11 is 6.18. The van der Waals surface area contributed by atoms with Gasteiger partial charge in [-0.2, -0.15) is 13.2 Å². The second-order valence-corrected chi connectivity index (χ2v) is 13.9. The zero-order chi connectivity index (χ0) is 32.6. The second kappa shape index (κ2) is 12.7. The maximum absolute atomic E-state index is 13.3. The molecule has 2 N–H and O–H groups in total. The van der Waals surface area contributed by atoms with Crippen molar-refractivity contribution in [2.24, 2.45) is 11.3 Å². The molecule has 5 nitrogen and oxygen atoms in total. The van der Waals surface area contributed by atoms with E-state index in [1.165, 1.54) is 29.7 Å². The van der Waals surface area contributed by atoms with Gasteiger partial charge in [0, 0.05) is 41.6 Å². The number of nitrogens with zero attached hydrogens (tertiary/aromatic N) is 1. The molecule has 6 rings (SSSR count). The number of carbonyl (C=O) groups is 1. The number of hydrogen-bond acceptors (Lipinski definition) is 3. The number of piperidine rings is 1. The van der Waals surface area contributed by atoms with E-state index in [0.29, 0.717) is 5.92 Å². The lowest BCUT2D eigenvalue weighted by Gasteiger charge is -2.37. The summed E-state index contributed by atoms with van der Waals surface area (Å²) < 4.78 is 46.1. The topological polar surface area (TPSA) is 65.6 Å². The molecule has 0 saturated carbocycles. The Balaban J connectivity index is 1.14. The first-order valence-electron chi connectivity index (χ1n) is 15.8. The molecule has 1 fully saturated rings. The van der Waals surface area contributed by atoms with Gasteiger partial charge in [-0.05, 0) is 103 Å². The average Bonchev–Trinajstić information content (AvgIpc) is 3.46. The summed E-state index contributed by atoms with van der Waals surface area (Å²) in [4.78, 5) is 16.7. The van der Waals surface area contributed by atoms with Gasteiger partial charge >= 0.3 is 12.1 Å². The third kappa shape index (κ3) is 7.22. The van der Waals surface area contributed by atoms with Crippen molar-refractivity contribution in [2.75, 3.05) is 13.1 Å². The number of benzene rings is 2. The number of H-pyrrole nitrogens is 1. The monoisotopic (exact) mass is 650 g/mol. The summed E-state index contributed by atoms with van der Waals surface area (Å²) in [6.45, 7) is 6.48. The molecule has 0 amide bonds. The number of allylic oxidation sites excluding steroid dienone is 4. The van der Waals surface area contributed by atoms with Gasteiger partial charge in [0.1, 0.15) is 17.2 Å². The van der Waals surface area contributed by atoms with E-state index in [4.69, 9.17) is 16.3 Å². The largest absolute Gasteiger partial charge is 0.478 e. The van der Waals surface area contributed by atoms with E-state index in [1.807, 2.05) is 12.1 Å². The number of fused-ring (bicyclic) bond motifs is 1. The van der Waals surface area contributed by atoms with Crippen molar-refractivity contribution in [3.8, 4) is 5.75 Å². The van der Waals surface area contributed by atoms with Crippen LogP contribution in [0.15, 0.2) is 89.4 Å². The standard InChI is InChI=1S/C37H38ClF3N2O3/c1-36(2)15-12-26(30(21-36)25-7-9-27(38)10-8-25)18-23-13-16-43(17-14-23)22-24-6-11-28(35(44)45)33(19-24)46-32-5-3-4-31-29(32)20-34(42-31)37(39,40)41/h3-11,20,22-23,42H,12-19,21H2,1-2H3,(H,44,45). The fourth-order valence-corrected chi connectivity index (χ4v) is 7.00. The first-order chi connectivity index (χ1) is 21.8. The molecule has 9 heteroatoms. The van der Waals surface area contributed by atoms with Crippen molar-refractivity contribution >= 4 is 34.0 Å². The van der Waals surface area contributed by atoms with Gasteiger partial charge in [-0.1, -0.05) is 55.3 Å². The van der Waals surface area contributed by atoms with Crippen molar-refractivity contribution in [1.29, 1.82) is 0 Å². The Bertz CT molecular complexity index is 1750. The van der Waals surface area contributed by atoms with E-state index in [-0.39, 0.29) is 39.8 Å². The lowest BCUT2D eigenvalue weighted by Crippen LogP contribution is -2.30. The predicted molar refractivity (Wildman–Crippen MR) is 175 cm³/mol. The lowest BCUT2D eigenvalue weighted by atomic mass is 9.70. The van der Waals surface area contributed by atoms with E-state index in [9.17, 15) is 23.1 Å². The Kier molecular flexibility index (Phi) is 8.85. The van der Waals surface area contributed by atoms with Crippen molar-refractivity contribution in [3.05, 3.63) is 106 Å². The van der Waals surface area contributed by atoms with Crippen LogP contribution in [-0.2, 0) is 11.0 Å². The summed E-state index contributed by atoms with van der Waals surface area (Å²) in [6, 6.07) is 13.9. The van der Waals surface area contributed by atoms with E-state index >= 15 is 0 Å². The van der Waals surface area contributed by atoms with Gasteiger partial charge in [0.05, 0.1) is 5.57 Å². The van der Waals surface area contributed by atoms with Crippen molar-refractivity contribution in [2.45, 2.75) is 65.0 Å². The van der Waals surface area contributed by atoms with Crippen LogP contribution < -0.4 is 4.74 Å². The quantitative estimate of drug-likeness (QED) is 0.267. The summed E-state index contributed by atoms with van der Waals surface area (Å²) in [6.07, 6.45) is 7.64. The number of halogens is 4. The number of rotatable bonds is 7. The highest BCUT2D eigenvalue weighted by molar-refractivity contribution is 6.30. The molecule has 0 bridgehead atoms. The van der Waals surface area contributed by atoms with Crippen LogP contribution in [-0.4, -0.2) is 34.0 Å². The molecule has 0 spiro atoms. The van der Waals surface area contributed by atoms with Gasteiger partial charge in [0.25, 0.3) is 0 Å². The van der Waals surface area contributed by atoms with Crippen molar-refractivity contribution in [3.63, 3.8) is 0 Å². The van der Waals surface area contributed by atoms with Gasteiger partial charge in [0.15, 0.2) is 0 Å². The highest BCUT2D eigenvalue weighted by atomic mass is 35.5. The molecular weight excluding hydrogens is 613 g/mol. The normalized spacial score (nSPS) is 20.2. The highest BCUT2D eigenvalue weighted by Gasteiger charge is 2.33. The van der Waals surface area contributed by atoms with Gasteiger partial charge < -0.3 is 19.7 Å². The minimum atomic E-state index is -4.54. The highest BCUT2D eigenvalue weighted by Crippen LogP contribution is 2.45. The van der Waals surface area contributed by atoms with Crippen LogP contribution in [0.4, 0.5) is 13.2 Å². The van der Waals surface area contributed by atoms with Crippen LogP contribution in [0.1, 0.15) is 70.1 Å². The fourth-order valence-electron chi connectivity index (χ4n) is 6.88. The molecule has 1 aromatic heterocycles. The zero-order valence-corrected chi connectivity index (χ0v) is 26.8. The Labute approximate surface area is 272 Å². The van der Waals surface area contributed by atoms with Crippen molar-refractivity contribution < 1.29 is 27.8 Å². The predicted octanol–water partition coefficient (Wildman–Crippen LogP) is 10.2. The van der Waals surface area contributed by atoms with Crippen LogP contribution in [0.2, 0.25) is 5.02 Å². The first kappa shape index (κ1) is 32.0. The van der Waals surface area contributed by atoms with Gasteiger partial charge in [-0.25, -0.2) is 4.79 Å². The lowest BCUT2D eigenvalue weighted by molar-refractivity contribution is -0.140. The van der Waals surface area contributed by atoms with Crippen LogP contribution in [0.25, 0.3) is 16.5 Å². The molecule has 46 heavy (non-hydrogen) atoms. The zero-order valence-electron chi connectivity index (χ0n) is 26.0. The average molecular weight is 651 g/mol. The summed E-state index contributed by atoms with van der Waals surface area (Å²) in [7, 11) is 0. The van der Waals surface area contributed by atoms with Gasteiger partial charge in [0.2, 0.25) is 0 Å². The van der Waals surface area contributed by atoms with Crippen LogP contribution in [0.5, 0.6) is 5.75 Å². The van der Waals surface area contributed by atoms with Crippen LogP contribution in [0, 0.1) is 11.3 Å². The van der Waals surface area contributed by atoms with E-state index in [0.717, 1.165) is 61.9 Å². The Morgan fingerprint density at radius 1 is 1.13 bits per heavy atom. The number of aromatic amines is 1. The van der Waals surface area contributed by atoms with E-state index in [2.05, 4.69) is 42.1 Å². The molecule has 2 aromatic carbocycles. The molecule has 3 aliphatic rings. The molecule has 1 saturated heterocycles.